The minimum absolute atomic E-state index is 0.00744. The Labute approximate surface area is 185 Å². The molecule has 0 radical (unpaired) electrons. The summed E-state index contributed by atoms with van der Waals surface area (Å²) in [5.74, 6) is -0.840. The number of sulfonamides is 1. The van der Waals surface area contributed by atoms with Crippen molar-refractivity contribution in [2.75, 3.05) is 16.6 Å². The predicted octanol–water partition coefficient (Wildman–Crippen LogP) is 2.26. The smallest absolute Gasteiger partial charge is 0.264 e. The van der Waals surface area contributed by atoms with Crippen molar-refractivity contribution in [1.82, 2.24) is 14.9 Å². The maximum atomic E-state index is 12.6. The zero-order valence-corrected chi connectivity index (χ0v) is 17.8. The Morgan fingerprint density at radius 3 is 2.38 bits per heavy atom. The normalized spacial score (nSPS) is 16.1. The van der Waals surface area contributed by atoms with Crippen molar-refractivity contribution in [3.8, 4) is 0 Å². The van der Waals surface area contributed by atoms with E-state index in [4.69, 9.17) is 0 Å². The quantitative estimate of drug-likeness (QED) is 0.568. The van der Waals surface area contributed by atoms with Gasteiger partial charge in [0, 0.05) is 37.6 Å². The molecule has 1 saturated heterocycles. The summed E-state index contributed by atoms with van der Waals surface area (Å²) in [6.45, 7) is 0.807. The molecule has 1 aliphatic heterocycles. The fourth-order valence-corrected chi connectivity index (χ4v) is 4.36. The number of anilines is 2. The van der Waals surface area contributed by atoms with E-state index in [2.05, 4.69) is 20.0 Å². The third-order valence-corrected chi connectivity index (χ3v) is 6.37. The lowest BCUT2D eigenvalue weighted by Crippen LogP contribution is -2.28. The molecule has 1 fully saturated rings. The molecular formula is C22H21N5O4S. The maximum Gasteiger partial charge on any atom is 0.264 e. The number of nitrogens with one attached hydrogen (secondary N) is 2. The van der Waals surface area contributed by atoms with Crippen molar-refractivity contribution in [1.29, 1.82) is 0 Å². The van der Waals surface area contributed by atoms with Crippen molar-refractivity contribution in [2.24, 2.45) is 5.92 Å². The Morgan fingerprint density at radius 2 is 1.69 bits per heavy atom. The molecule has 32 heavy (non-hydrogen) atoms. The lowest BCUT2D eigenvalue weighted by molar-refractivity contribution is -0.128. The highest BCUT2D eigenvalue weighted by atomic mass is 32.2. The molecule has 3 aromatic rings. The van der Waals surface area contributed by atoms with E-state index in [0.717, 1.165) is 5.56 Å². The van der Waals surface area contributed by atoms with Gasteiger partial charge < -0.3 is 10.2 Å². The largest absolute Gasteiger partial charge is 0.338 e. The number of hydrogen-bond donors (Lipinski definition) is 2. The van der Waals surface area contributed by atoms with E-state index in [9.17, 15) is 18.0 Å². The van der Waals surface area contributed by atoms with Crippen LogP contribution < -0.4 is 10.0 Å². The summed E-state index contributed by atoms with van der Waals surface area (Å²) in [6, 6.07) is 16.9. The maximum absolute atomic E-state index is 12.6. The van der Waals surface area contributed by atoms with E-state index in [1.165, 1.54) is 36.7 Å². The van der Waals surface area contributed by atoms with Gasteiger partial charge in [-0.25, -0.2) is 23.1 Å². The van der Waals surface area contributed by atoms with Crippen molar-refractivity contribution in [3.63, 3.8) is 0 Å². The van der Waals surface area contributed by atoms with Gasteiger partial charge in [-0.3, -0.25) is 9.59 Å². The van der Waals surface area contributed by atoms with Crippen LogP contribution in [0.4, 0.5) is 11.6 Å². The third-order valence-electron chi connectivity index (χ3n) is 5.03. The Morgan fingerprint density at radius 1 is 1.00 bits per heavy atom. The number of nitrogens with zero attached hydrogens (tertiary/aromatic N) is 3. The molecule has 1 aliphatic rings. The van der Waals surface area contributed by atoms with Crippen molar-refractivity contribution in [3.05, 3.63) is 78.6 Å². The van der Waals surface area contributed by atoms with Crippen LogP contribution in [0.5, 0.6) is 0 Å². The molecule has 0 saturated carbocycles. The number of rotatable bonds is 7. The highest BCUT2D eigenvalue weighted by molar-refractivity contribution is 7.92. The SMILES string of the molecule is O=C(Nc1ccc(S(=O)(=O)Nc2ncccn2)cc1)[C@H]1CC(=O)N(Cc2ccccc2)C1. The Bertz CT molecular complexity index is 1200. The van der Waals surface area contributed by atoms with Gasteiger partial charge in [0.1, 0.15) is 0 Å². The second-order valence-electron chi connectivity index (χ2n) is 7.35. The summed E-state index contributed by atoms with van der Waals surface area (Å²) in [7, 11) is -3.86. The number of aromatic nitrogens is 2. The Balaban J connectivity index is 1.36. The van der Waals surface area contributed by atoms with Crippen LogP contribution in [0.15, 0.2) is 78.0 Å². The molecule has 0 spiro atoms. The molecule has 2 amide bonds. The van der Waals surface area contributed by atoms with Crippen molar-refractivity contribution < 1.29 is 18.0 Å². The van der Waals surface area contributed by atoms with Crippen LogP contribution >= 0.6 is 0 Å². The van der Waals surface area contributed by atoms with Gasteiger partial charge >= 0.3 is 0 Å². The predicted molar refractivity (Wildman–Crippen MR) is 118 cm³/mol. The monoisotopic (exact) mass is 451 g/mol. The average molecular weight is 452 g/mol. The van der Waals surface area contributed by atoms with E-state index in [0.29, 0.717) is 18.8 Å². The first-order valence-electron chi connectivity index (χ1n) is 9.93. The first-order chi connectivity index (χ1) is 15.4. The topological polar surface area (TPSA) is 121 Å². The fraction of sp³-hybridized carbons (Fsp3) is 0.182. The third kappa shape index (κ3) is 5.09. The summed E-state index contributed by atoms with van der Waals surface area (Å²) >= 11 is 0. The second-order valence-corrected chi connectivity index (χ2v) is 9.03. The average Bonchev–Trinajstić information content (AvgIpc) is 3.15. The Kier molecular flexibility index (Phi) is 6.13. The van der Waals surface area contributed by atoms with Gasteiger partial charge in [-0.15, -0.1) is 0 Å². The summed E-state index contributed by atoms with van der Waals surface area (Å²) < 4.78 is 27.2. The van der Waals surface area contributed by atoms with Crippen molar-refractivity contribution in [2.45, 2.75) is 17.9 Å². The molecule has 10 heteroatoms. The zero-order valence-electron chi connectivity index (χ0n) is 17.0. The minimum atomic E-state index is -3.86. The highest BCUT2D eigenvalue weighted by Crippen LogP contribution is 2.23. The van der Waals surface area contributed by atoms with Crippen LogP contribution in [0.1, 0.15) is 12.0 Å². The lowest BCUT2D eigenvalue weighted by atomic mass is 10.1. The van der Waals surface area contributed by atoms with Crippen LogP contribution in [-0.4, -0.2) is 41.6 Å². The molecule has 2 aromatic carbocycles. The Hall–Kier alpha value is -3.79. The van der Waals surface area contributed by atoms with Crippen LogP contribution in [0, 0.1) is 5.92 Å². The van der Waals surface area contributed by atoms with Gasteiger partial charge in [0.15, 0.2) is 0 Å². The number of hydrogen-bond acceptors (Lipinski definition) is 6. The van der Waals surface area contributed by atoms with Crippen LogP contribution in [0.25, 0.3) is 0 Å². The number of carbonyl (C=O) groups is 2. The molecule has 4 rings (SSSR count). The number of likely N-dealkylation sites (tertiary alicyclic amines) is 1. The summed E-state index contributed by atoms with van der Waals surface area (Å²) in [6.07, 6.45) is 3.00. The number of benzene rings is 2. The molecule has 0 aliphatic carbocycles. The molecule has 1 atom stereocenters. The first-order valence-corrected chi connectivity index (χ1v) is 11.4. The molecule has 1 aromatic heterocycles. The first kappa shape index (κ1) is 21.4. The standard InChI is InChI=1S/C22H21N5O4S/c28-20-13-17(15-27(20)14-16-5-2-1-3-6-16)21(29)25-18-7-9-19(10-8-18)32(30,31)26-22-23-11-4-12-24-22/h1-12,17H,13-15H2,(H,25,29)(H,23,24,26)/t17-/m0/s1. The molecule has 2 N–H and O–H groups in total. The van der Waals surface area contributed by atoms with Crippen LogP contribution in [0.3, 0.4) is 0 Å². The molecule has 0 bridgehead atoms. The van der Waals surface area contributed by atoms with E-state index in [1.54, 1.807) is 11.0 Å². The minimum Gasteiger partial charge on any atom is -0.338 e. The summed E-state index contributed by atoms with van der Waals surface area (Å²) in [4.78, 5) is 34.3. The summed E-state index contributed by atoms with van der Waals surface area (Å²) in [5, 5.41) is 2.76. The van der Waals surface area contributed by atoms with E-state index in [1.807, 2.05) is 30.3 Å². The van der Waals surface area contributed by atoms with Gasteiger partial charge in [-0.1, -0.05) is 30.3 Å². The molecule has 164 valence electrons. The molecular weight excluding hydrogens is 430 g/mol. The van der Waals surface area contributed by atoms with Gasteiger partial charge in [-0.2, -0.15) is 0 Å². The second kappa shape index (κ2) is 9.15. The zero-order chi connectivity index (χ0) is 22.6. The van der Waals surface area contributed by atoms with Gasteiger partial charge in [-0.05, 0) is 35.9 Å². The number of amides is 2. The summed E-state index contributed by atoms with van der Waals surface area (Å²) in [5.41, 5.74) is 1.45. The van der Waals surface area contributed by atoms with Gasteiger partial charge in [0.25, 0.3) is 10.0 Å². The van der Waals surface area contributed by atoms with Crippen molar-refractivity contribution >= 4 is 33.5 Å². The molecule has 9 nitrogen and oxygen atoms in total. The van der Waals surface area contributed by atoms with E-state index < -0.39 is 15.9 Å². The van der Waals surface area contributed by atoms with Crippen LogP contribution in [0.2, 0.25) is 0 Å². The molecule has 0 unspecified atom stereocenters. The number of carbonyl (C=O) groups excluding carboxylic acids is 2. The van der Waals surface area contributed by atoms with Gasteiger partial charge in [0.05, 0.1) is 10.8 Å². The fourth-order valence-electron chi connectivity index (χ4n) is 3.40. The molecule has 2 heterocycles. The van der Waals surface area contributed by atoms with E-state index in [-0.39, 0.29) is 29.1 Å². The lowest BCUT2D eigenvalue weighted by Gasteiger charge is -2.16. The van der Waals surface area contributed by atoms with Gasteiger partial charge in [0.2, 0.25) is 17.8 Å². The highest BCUT2D eigenvalue weighted by Gasteiger charge is 2.34. The van der Waals surface area contributed by atoms with Crippen LogP contribution in [-0.2, 0) is 26.2 Å². The van der Waals surface area contributed by atoms with E-state index >= 15 is 0 Å².